The van der Waals surface area contributed by atoms with Crippen LogP contribution in [0.1, 0.15) is 11.1 Å². The minimum atomic E-state index is -0.424. The normalized spacial score (nSPS) is 16.3. The van der Waals surface area contributed by atoms with Crippen molar-refractivity contribution in [2.75, 3.05) is 0 Å². The summed E-state index contributed by atoms with van der Waals surface area (Å²) in [5.74, 6) is -0.113. The molecule has 0 spiro atoms. The summed E-state index contributed by atoms with van der Waals surface area (Å²) >= 11 is 0. The number of hydrogen-bond acceptors (Lipinski definition) is 3. The van der Waals surface area contributed by atoms with Gasteiger partial charge in [0, 0.05) is 6.08 Å². The molecule has 0 unspecified atom stereocenters. The van der Waals surface area contributed by atoms with Crippen LogP contribution in [0.3, 0.4) is 0 Å². The largest absolute Gasteiger partial charge is 0.403 e. The number of benzene rings is 2. The second-order valence-electron chi connectivity index (χ2n) is 4.52. The lowest BCUT2D eigenvalue weighted by Gasteiger charge is -1.93. The first-order chi connectivity index (χ1) is 10.3. The highest BCUT2D eigenvalue weighted by Gasteiger charge is 2.20. The summed E-state index contributed by atoms with van der Waals surface area (Å²) in [4.78, 5) is 16.0. The minimum absolute atomic E-state index is 0.311. The molecule has 0 saturated heterocycles. The summed E-state index contributed by atoms with van der Waals surface area (Å²) in [6, 6.07) is 19.3. The van der Waals surface area contributed by atoms with Gasteiger partial charge in [-0.1, -0.05) is 60.7 Å². The van der Waals surface area contributed by atoms with Crippen molar-refractivity contribution in [3.05, 3.63) is 83.6 Å². The van der Waals surface area contributed by atoms with Crippen molar-refractivity contribution in [2.45, 2.75) is 0 Å². The van der Waals surface area contributed by atoms with Crippen molar-refractivity contribution >= 4 is 24.0 Å². The van der Waals surface area contributed by atoms with Gasteiger partial charge in [0.1, 0.15) is 0 Å². The maximum absolute atomic E-state index is 11.8. The maximum Gasteiger partial charge on any atom is 0.363 e. The van der Waals surface area contributed by atoms with Crippen molar-refractivity contribution in [2.24, 2.45) is 4.99 Å². The second-order valence-corrected chi connectivity index (χ2v) is 4.52. The molecule has 0 bridgehead atoms. The molecule has 0 atom stereocenters. The summed E-state index contributed by atoms with van der Waals surface area (Å²) in [6.45, 7) is 0. The van der Waals surface area contributed by atoms with Gasteiger partial charge in [-0.15, -0.1) is 0 Å². The fraction of sp³-hybridized carbons (Fsp3) is 0. The Kier molecular flexibility index (Phi) is 3.74. The minimum Gasteiger partial charge on any atom is -0.403 e. The predicted molar refractivity (Wildman–Crippen MR) is 83.4 cm³/mol. The summed E-state index contributed by atoms with van der Waals surface area (Å²) in [5.41, 5.74) is 2.26. The predicted octanol–water partition coefficient (Wildman–Crippen LogP) is 3.70. The molecule has 3 heteroatoms. The molecule has 0 aliphatic carbocycles. The van der Waals surface area contributed by atoms with Gasteiger partial charge in [0.15, 0.2) is 5.70 Å². The summed E-state index contributed by atoms with van der Waals surface area (Å²) in [5, 5.41) is 0. The number of carbonyl (C=O) groups excluding carboxylic acids is 1. The monoisotopic (exact) mass is 275 g/mol. The van der Waals surface area contributed by atoms with Gasteiger partial charge in [0.25, 0.3) is 0 Å². The molecule has 0 N–H and O–H groups in total. The standard InChI is InChI=1S/C18H13NO2/c20-18-16(13-15-9-5-2-6-10-15)19-17(21-18)12-11-14-7-3-1-4-8-14/h1-13H/b12-11-,16-13+. The van der Waals surface area contributed by atoms with Gasteiger partial charge in [-0.05, 0) is 23.3 Å². The van der Waals surface area contributed by atoms with Crippen molar-refractivity contribution in [1.82, 2.24) is 0 Å². The number of hydrogen-bond donors (Lipinski definition) is 0. The molecular weight excluding hydrogens is 262 g/mol. The van der Waals surface area contributed by atoms with Crippen LogP contribution in [-0.4, -0.2) is 11.9 Å². The molecule has 0 aromatic heterocycles. The number of cyclic esters (lactones) is 1. The molecule has 1 aliphatic rings. The van der Waals surface area contributed by atoms with Gasteiger partial charge >= 0.3 is 5.97 Å². The molecule has 102 valence electrons. The lowest BCUT2D eigenvalue weighted by Crippen LogP contribution is -2.01. The fourth-order valence-electron chi connectivity index (χ4n) is 1.94. The Bertz CT molecular complexity index is 728. The van der Waals surface area contributed by atoms with Crippen molar-refractivity contribution in [1.29, 1.82) is 0 Å². The van der Waals surface area contributed by atoms with Gasteiger partial charge < -0.3 is 4.74 Å². The van der Waals surface area contributed by atoms with E-state index in [1.807, 2.05) is 66.7 Å². The zero-order valence-electron chi connectivity index (χ0n) is 11.3. The van der Waals surface area contributed by atoms with Crippen LogP contribution in [0.2, 0.25) is 0 Å². The van der Waals surface area contributed by atoms with Gasteiger partial charge in [0.2, 0.25) is 5.90 Å². The molecule has 3 rings (SSSR count). The maximum atomic E-state index is 11.8. The Morgan fingerprint density at radius 1 is 0.810 bits per heavy atom. The lowest BCUT2D eigenvalue weighted by atomic mass is 10.2. The molecular formula is C18H13NO2. The Hall–Kier alpha value is -2.94. The summed E-state index contributed by atoms with van der Waals surface area (Å²) in [6.07, 6.45) is 5.27. The summed E-state index contributed by atoms with van der Waals surface area (Å²) in [7, 11) is 0. The van der Waals surface area contributed by atoms with E-state index in [2.05, 4.69) is 4.99 Å². The molecule has 0 radical (unpaired) electrons. The molecule has 1 heterocycles. The quantitative estimate of drug-likeness (QED) is 0.633. The van der Waals surface area contributed by atoms with Crippen LogP contribution in [0, 0.1) is 0 Å². The van der Waals surface area contributed by atoms with Crippen LogP contribution < -0.4 is 0 Å². The number of ether oxygens (including phenoxy) is 1. The van der Waals surface area contributed by atoms with Gasteiger partial charge in [-0.25, -0.2) is 9.79 Å². The van der Waals surface area contributed by atoms with Gasteiger partial charge in [0.05, 0.1) is 0 Å². The van der Waals surface area contributed by atoms with E-state index in [4.69, 9.17) is 4.74 Å². The SMILES string of the molecule is O=C1OC(/C=C\c2ccccc2)=NC/1=C/c1ccccc1. The van der Waals surface area contributed by atoms with E-state index in [-0.39, 0.29) is 0 Å². The van der Waals surface area contributed by atoms with Crippen LogP contribution in [0.4, 0.5) is 0 Å². The van der Waals surface area contributed by atoms with Crippen LogP contribution in [0.5, 0.6) is 0 Å². The average molecular weight is 275 g/mol. The number of esters is 1. The Morgan fingerprint density at radius 3 is 2.10 bits per heavy atom. The highest BCUT2D eigenvalue weighted by atomic mass is 16.6. The van der Waals surface area contributed by atoms with Crippen molar-refractivity contribution < 1.29 is 9.53 Å². The zero-order valence-corrected chi connectivity index (χ0v) is 11.3. The van der Waals surface area contributed by atoms with Crippen LogP contribution in [0.15, 0.2) is 77.4 Å². The van der Waals surface area contributed by atoms with Crippen LogP contribution >= 0.6 is 0 Å². The molecule has 21 heavy (non-hydrogen) atoms. The third-order valence-electron chi connectivity index (χ3n) is 2.96. The number of carbonyl (C=O) groups is 1. The molecule has 0 amide bonds. The van der Waals surface area contributed by atoms with Crippen molar-refractivity contribution in [3.63, 3.8) is 0 Å². The number of aliphatic imine (C=N–C) groups is 1. The van der Waals surface area contributed by atoms with Gasteiger partial charge in [-0.3, -0.25) is 0 Å². The first-order valence-electron chi connectivity index (χ1n) is 6.62. The second kappa shape index (κ2) is 6.01. The first kappa shape index (κ1) is 13.1. The average Bonchev–Trinajstić information content (AvgIpc) is 2.87. The highest BCUT2D eigenvalue weighted by Crippen LogP contribution is 2.16. The lowest BCUT2D eigenvalue weighted by molar-refractivity contribution is -0.129. The molecule has 0 fully saturated rings. The molecule has 2 aromatic carbocycles. The van der Waals surface area contributed by atoms with E-state index in [1.165, 1.54) is 0 Å². The Balaban J connectivity index is 1.80. The number of rotatable bonds is 3. The van der Waals surface area contributed by atoms with Crippen molar-refractivity contribution in [3.8, 4) is 0 Å². The number of nitrogens with zero attached hydrogens (tertiary/aromatic N) is 1. The highest BCUT2D eigenvalue weighted by molar-refractivity contribution is 6.11. The van der Waals surface area contributed by atoms with E-state index in [0.717, 1.165) is 11.1 Å². The fourth-order valence-corrected chi connectivity index (χ4v) is 1.94. The third kappa shape index (κ3) is 3.34. The Labute approximate surface area is 122 Å². The zero-order chi connectivity index (χ0) is 14.5. The molecule has 0 saturated carbocycles. The Morgan fingerprint density at radius 2 is 1.43 bits per heavy atom. The van der Waals surface area contributed by atoms with E-state index in [0.29, 0.717) is 11.6 Å². The topological polar surface area (TPSA) is 38.7 Å². The molecule has 2 aromatic rings. The summed E-state index contributed by atoms with van der Waals surface area (Å²) < 4.78 is 5.12. The molecule has 1 aliphatic heterocycles. The van der Waals surface area contributed by atoms with Crippen LogP contribution in [0.25, 0.3) is 12.2 Å². The van der Waals surface area contributed by atoms with E-state index < -0.39 is 5.97 Å². The van der Waals surface area contributed by atoms with E-state index in [9.17, 15) is 4.79 Å². The molecule has 3 nitrogen and oxygen atoms in total. The van der Waals surface area contributed by atoms with Gasteiger partial charge in [-0.2, -0.15) is 0 Å². The van der Waals surface area contributed by atoms with E-state index >= 15 is 0 Å². The third-order valence-corrected chi connectivity index (χ3v) is 2.96. The van der Waals surface area contributed by atoms with Crippen LogP contribution in [-0.2, 0) is 9.53 Å². The smallest absolute Gasteiger partial charge is 0.363 e. The first-order valence-corrected chi connectivity index (χ1v) is 6.62. The van der Waals surface area contributed by atoms with E-state index in [1.54, 1.807) is 12.2 Å².